The van der Waals surface area contributed by atoms with Crippen LogP contribution in [0.5, 0.6) is 0 Å². The smallest absolute Gasteiger partial charge is 0.328 e. The van der Waals surface area contributed by atoms with Crippen LogP contribution in [0.4, 0.5) is 0 Å². The molecule has 9 nitrogen and oxygen atoms in total. The van der Waals surface area contributed by atoms with Gasteiger partial charge in [-0.2, -0.15) is 0 Å². The average molecular weight is 443 g/mol. The van der Waals surface area contributed by atoms with Gasteiger partial charge < -0.3 is 26.4 Å². The maximum Gasteiger partial charge on any atom is 0.328 e. The van der Waals surface area contributed by atoms with E-state index in [0.717, 1.165) is 0 Å². The van der Waals surface area contributed by atoms with Gasteiger partial charge in [-0.25, -0.2) is 4.79 Å². The Hall–Kier alpha value is -2.16. The van der Waals surface area contributed by atoms with Gasteiger partial charge in [0.25, 0.3) is 0 Å². The van der Waals surface area contributed by atoms with Crippen molar-refractivity contribution in [3.8, 4) is 0 Å². The fraction of sp³-hybridized carbons (Fsp3) is 0.818. The van der Waals surface area contributed by atoms with Crippen LogP contribution in [0.2, 0.25) is 0 Å². The summed E-state index contributed by atoms with van der Waals surface area (Å²) in [6.45, 7) is 13.1. The normalized spacial score (nSPS) is 15.2. The monoisotopic (exact) mass is 442 g/mol. The van der Waals surface area contributed by atoms with Crippen LogP contribution in [-0.4, -0.2) is 55.0 Å². The van der Waals surface area contributed by atoms with E-state index >= 15 is 0 Å². The van der Waals surface area contributed by atoms with Gasteiger partial charge >= 0.3 is 5.97 Å². The third-order valence-electron chi connectivity index (χ3n) is 4.86. The Morgan fingerprint density at radius 1 is 0.774 bits per heavy atom. The molecule has 0 spiro atoms. The lowest BCUT2D eigenvalue weighted by Gasteiger charge is -2.28. The predicted molar refractivity (Wildman–Crippen MR) is 120 cm³/mol. The number of ether oxygens (including phenoxy) is 1. The molecule has 3 amide bonds. The van der Waals surface area contributed by atoms with Crippen LogP contribution >= 0.6 is 0 Å². The molecule has 0 aliphatic carbocycles. The summed E-state index contributed by atoms with van der Waals surface area (Å²) < 4.78 is 4.70. The van der Waals surface area contributed by atoms with E-state index in [1.165, 1.54) is 7.11 Å². The first-order chi connectivity index (χ1) is 14.3. The van der Waals surface area contributed by atoms with Crippen molar-refractivity contribution in [3.05, 3.63) is 0 Å². The lowest BCUT2D eigenvalue weighted by Crippen LogP contribution is -2.58. The molecule has 0 aliphatic heterocycles. The molecule has 180 valence electrons. The Morgan fingerprint density at radius 2 is 1.29 bits per heavy atom. The molecule has 0 bridgehead atoms. The fourth-order valence-corrected chi connectivity index (χ4v) is 3.12. The summed E-state index contributed by atoms with van der Waals surface area (Å²) in [6, 6.07) is -3.20. The second-order valence-corrected chi connectivity index (χ2v) is 9.15. The summed E-state index contributed by atoms with van der Waals surface area (Å²) in [5, 5.41) is 8.10. The highest BCUT2D eigenvalue weighted by Gasteiger charge is 2.32. The van der Waals surface area contributed by atoms with E-state index in [0.29, 0.717) is 19.3 Å². The maximum atomic E-state index is 13.0. The van der Waals surface area contributed by atoms with Gasteiger partial charge in [0.15, 0.2) is 0 Å². The number of amides is 3. The van der Waals surface area contributed by atoms with Gasteiger partial charge in [0.2, 0.25) is 17.7 Å². The lowest BCUT2D eigenvalue weighted by atomic mass is 9.98. The van der Waals surface area contributed by atoms with Gasteiger partial charge in [-0.15, -0.1) is 0 Å². The second-order valence-electron chi connectivity index (χ2n) is 9.15. The molecular weight excluding hydrogens is 400 g/mol. The van der Waals surface area contributed by atoms with E-state index in [1.54, 1.807) is 20.8 Å². The second kappa shape index (κ2) is 14.0. The first-order valence-corrected chi connectivity index (χ1v) is 11.1. The van der Waals surface area contributed by atoms with Gasteiger partial charge in [0.1, 0.15) is 18.1 Å². The molecule has 0 rings (SSSR count). The van der Waals surface area contributed by atoms with Gasteiger partial charge in [-0.05, 0) is 37.0 Å². The van der Waals surface area contributed by atoms with Crippen LogP contribution in [0.3, 0.4) is 0 Å². The Kier molecular flexibility index (Phi) is 13.0. The third-order valence-corrected chi connectivity index (χ3v) is 4.86. The van der Waals surface area contributed by atoms with Crippen LogP contribution < -0.4 is 21.7 Å². The zero-order valence-electron chi connectivity index (χ0n) is 20.3. The molecule has 0 saturated carbocycles. The number of carbonyl (C=O) groups excluding carboxylic acids is 4. The summed E-state index contributed by atoms with van der Waals surface area (Å²) in [5.41, 5.74) is 5.96. The minimum Gasteiger partial charge on any atom is -0.467 e. The fourth-order valence-electron chi connectivity index (χ4n) is 3.12. The van der Waals surface area contributed by atoms with Crippen LogP contribution in [0.1, 0.15) is 67.7 Å². The topological polar surface area (TPSA) is 140 Å². The van der Waals surface area contributed by atoms with E-state index in [1.807, 2.05) is 27.7 Å². The molecule has 31 heavy (non-hydrogen) atoms. The predicted octanol–water partition coefficient (Wildman–Crippen LogP) is 1.10. The Labute approximate surface area is 186 Å². The highest BCUT2D eigenvalue weighted by atomic mass is 16.5. The first kappa shape index (κ1) is 28.8. The first-order valence-electron chi connectivity index (χ1n) is 11.1. The standard InChI is InChI=1S/C22H42N4O5/c1-9-16(22(30)31-8)24-21(29)18(14(6)7)26-20(28)17(11-13(4)5)25-19(27)15(23)10-12(2)3/h12-18H,9-11,23H2,1-8H3,(H,24,29)(H,25,27)(H,26,28)/t15-,16-,17-,18-/m0/s1. The number of rotatable bonds is 13. The van der Waals surface area contributed by atoms with E-state index in [-0.39, 0.29) is 17.8 Å². The average Bonchev–Trinajstić information content (AvgIpc) is 2.67. The molecule has 0 unspecified atom stereocenters. The van der Waals surface area contributed by atoms with Gasteiger partial charge in [-0.1, -0.05) is 48.5 Å². The molecule has 0 aromatic heterocycles. The molecule has 0 aliphatic rings. The molecule has 0 aromatic rings. The lowest BCUT2D eigenvalue weighted by molar-refractivity contribution is -0.145. The van der Waals surface area contributed by atoms with Crippen molar-refractivity contribution in [3.63, 3.8) is 0 Å². The zero-order chi connectivity index (χ0) is 24.3. The van der Waals surface area contributed by atoms with Gasteiger partial charge in [-0.3, -0.25) is 14.4 Å². The highest BCUT2D eigenvalue weighted by molar-refractivity contribution is 5.94. The molecule has 0 heterocycles. The van der Waals surface area contributed by atoms with Crippen molar-refractivity contribution in [2.24, 2.45) is 23.5 Å². The summed E-state index contributed by atoms with van der Waals surface area (Å²) >= 11 is 0. The summed E-state index contributed by atoms with van der Waals surface area (Å²) in [7, 11) is 1.25. The van der Waals surface area contributed by atoms with E-state index in [9.17, 15) is 19.2 Å². The van der Waals surface area contributed by atoms with Gasteiger partial charge in [0.05, 0.1) is 13.2 Å². The van der Waals surface area contributed by atoms with Crippen molar-refractivity contribution in [2.45, 2.75) is 91.9 Å². The summed E-state index contributed by atoms with van der Waals surface area (Å²) in [4.78, 5) is 50.0. The van der Waals surface area contributed by atoms with Crippen LogP contribution in [0.25, 0.3) is 0 Å². The number of hydrogen-bond acceptors (Lipinski definition) is 6. The molecule has 4 atom stereocenters. The number of nitrogens with one attached hydrogen (secondary N) is 3. The van der Waals surface area contributed by atoms with Gasteiger partial charge in [0, 0.05) is 0 Å². The maximum absolute atomic E-state index is 13.0. The van der Waals surface area contributed by atoms with Crippen LogP contribution in [-0.2, 0) is 23.9 Å². The van der Waals surface area contributed by atoms with Crippen LogP contribution in [0.15, 0.2) is 0 Å². The number of nitrogens with two attached hydrogens (primary N) is 1. The number of methoxy groups -OCH3 is 1. The molecule has 0 saturated heterocycles. The minimum atomic E-state index is -0.873. The SMILES string of the molecule is CC[C@H](NC(=O)[C@@H](NC(=O)[C@H](CC(C)C)NC(=O)[C@@H](N)CC(C)C)C(C)C)C(=O)OC. The van der Waals surface area contributed by atoms with E-state index in [4.69, 9.17) is 10.5 Å². The largest absolute Gasteiger partial charge is 0.467 e. The quantitative estimate of drug-likeness (QED) is 0.315. The Morgan fingerprint density at radius 3 is 1.71 bits per heavy atom. The third kappa shape index (κ3) is 10.6. The minimum absolute atomic E-state index is 0.132. The van der Waals surface area contributed by atoms with Crippen molar-refractivity contribution in [1.82, 2.24) is 16.0 Å². The van der Waals surface area contributed by atoms with E-state index in [2.05, 4.69) is 16.0 Å². The van der Waals surface area contributed by atoms with Crippen molar-refractivity contribution < 1.29 is 23.9 Å². The molecule has 0 fully saturated rings. The number of carbonyl (C=O) groups is 4. The Bertz CT molecular complexity index is 607. The molecule has 5 N–H and O–H groups in total. The molecular formula is C22H42N4O5. The molecule has 0 radical (unpaired) electrons. The summed E-state index contributed by atoms with van der Waals surface area (Å²) in [6.07, 6.45) is 1.26. The van der Waals surface area contributed by atoms with Crippen molar-refractivity contribution in [1.29, 1.82) is 0 Å². The van der Waals surface area contributed by atoms with Crippen molar-refractivity contribution >= 4 is 23.7 Å². The summed E-state index contributed by atoms with van der Waals surface area (Å²) in [5.74, 6) is -1.74. The van der Waals surface area contributed by atoms with E-state index < -0.39 is 47.9 Å². The molecule has 0 aromatic carbocycles. The highest BCUT2D eigenvalue weighted by Crippen LogP contribution is 2.10. The Balaban J connectivity index is 5.37. The number of hydrogen-bond donors (Lipinski definition) is 4. The molecule has 9 heteroatoms. The zero-order valence-corrected chi connectivity index (χ0v) is 20.3. The van der Waals surface area contributed by atoms with Crippen molar-refractivity contribution in [2.75, 3.05) is 7.11 Å². The van der Waals surface area contributed by atoms with Crippen LogP contribution in [0, 0.1) is 17.8 Å². The number of esters is 1.